The first-order chi connectivity index (χ1) is 7.25. The van der Waals surface area contributed by atoms with Crippen LogP contribution in [0.4, 0.5) is 0 Å². The number of H-pyrrole nitrogens is 1. The summed E-state index contributed by atoms with van der Waals surface area (Å²) in [5.74, 6) is 1.56. The average Bonchev–Trinajstić information content (AvgIpc) is 2.84. The highest BCUT2D eigenvalue weighted by atomic mass is 32.1. The van der Waals surface area contributed by atoms with Crippen molar-refractivity contribution in [1.82, 2.24) is 19.9 Å². The number of hydrogen-bond acceptors (Lipinski definition) is 4. The Morgan fingerprint density at radius 3 is 3.00 bits per heavy atom. The lowest BCUT2D eigenvalue weighted by Crippen LogP contribution is -1.97. The molecule has 78 valence electrons. The third-order valence-electron chi connectivity index (χ3n) is 2.47. The fourth-order valence-corrected chi connectivity index (χ4v) is 1.91. The maximum atomic E-state index is 5.18. The molecular formula is C9H10N4OS. The van der Waals surface area contributed by atoms with E-state index in [1.165, 1.54) is 0 Å². The summed E-state index contributed by atoms with van der Waals surface area (Å²) in [5, 5.41) is 10.9. The number of hydrogen-bond donors (Lipinski definition) is 1. The normalized spacial score (nSPS) is 15.8. The maximum Gasteiger partial charge on any atom is 0.195 e. The molecule has 0 bridgehead atoms. The van der Waals surface area contributed by atoms with Crippen LogP contribution in [0.3, 0.4) is 0 Å². The lowest BCUT2D eigenvalue weighted by atomic mass is 10.3. The zero-order chi connectivity index (χ0) is 10.4. The molecule has 0 radical (unpaired) electrons. The molecule has 2 heterocycles. The van der Waals surface area contributed by atoms with Crippen LogP contribution < -0.4 is 0 Å². The van der Waals surface area contributed by atoms with Gasteiger partial charge >= 0.3 is 0 Å². The van der Waals surface area contributed by atoms with E-state index in [0.29, 0.717) is 10.8 Å². The summed E-state index contributed by atoms with van der Waals surface area (Å²) in [4.78, 5) is 0. The topological polar surface area (TPSA) is 59.6 Å². The summed E-state index contributed by atoms with van der Waals surface area (Å²) < 4.78 is 7.71. The van der Waals surface area contributed by atoms with Crippen molar-refractivity contribution < 1.29 is 4.52 Å². The number of aromatic amines is 1. The molecule has 1 aliphatic rings. The Morgan fingerprint density at radius 2 is 2.40 bits per heavy atom. The molecule has 1 N–H and O–H groups in total. The molecule has 0 aromatic carbocycles. The Balaban J connectivity index is 2.15. The maximum absolute atomic E-state index is 5.18. The second-order valence-corrected chi connectivity index (χ2v) is 4.16. The number of rotatable bonds is 2. The molecule has 0 amide bonds. The van der Waals surface area contributed by atoms with Crippen LogP contribution in [-0.4, -0.2) is 19.9 Å². The molecule has 3 rings (SSSR count). The molecule has 2 aromatic rings. The van der Waals surface area contributed by atoms with E-state index in [-0.39, 0.29) is 0 Å². The van der Waals surface area contributed by atoms with Crippen LogP contribution in [0, 0.1) is 11.7 Å². The van der Waals surface area contributed by atoms with Gasteiger partial charge in [0, 0.05) is 12.1 Å². The summed E-state index contributed by atoms with van der Waals surface area (Å²) in [7, 11) is 0. The van der Waals surface area contributed by atoms with Crippen LogP contribution in [0.2, 0.25) is 0 Å². The molecule has 0 aliphatic heterocycles. The van der Waals surface area contributed by atoms with Crippen LogP contribution in [0.5, 0.6) is 0 Å². The van der Waals surface area contributed by atoms with Crippen molar-refractivity contribution in [3.63, 3.8) is 0 Å². The van der Waals surface area contributed by atoms with Crippen molar-refractivity contribution in [2.24, 2.45) is 0 Å². The first kappa shape index (κ1) is 8.84. The van der Waals surface area contributed by atoms with Crippen molar-refractivity contribution in [3.8, 4) is 11.5 Å². The van der Waals surface area contributed by atoms with E-state index in [9.17, 15) is 0 Å². The number of aromatic nitrogens is 4. The van der Waals surface area contributed by atoms with Gasteiger partial charge in [-0.1, -0.05) is 5.16 Å². The summed E-state index contributed by atoms with van der Waals surface area (Å²) in [6.07, 6.45) is 2.33. The Labute approximate surface area is 91.1 Å². The first-order valence-electron chi connectivity index (χ1n) is 4.86. The molecule has 6 heteroatoms. The standard InChI is InChI=1S/C9H10N4OS/c1-5-4-7(12-14-5)8-10-11-9(15)13(8)6-2-3-6/h4,6H,2-3H2,1H3,(H,11,15). The van der Waals surface area contributed by atoms with Gasteiger partial charge in [0.25, 0.3) is 0 Å². The van der Waals surface area contributed by atoms with E-state index in [1.807, 2.05) is 17.6 Å². The third-order valence-corrected chi connectivity index (χ3v) is 2.76. The van der Waals surface area contributed by atoms with Crippen LogP contribution in [0.15, 0.2) is 10.6 Å². The molecule has 0 spiro atoms. The van der Waals surface area contributed by atoms with Crippen molar-refractivity contribution >= 4 is 12.2 Å². The highest BCUT2D eigenvalue weighted by Crippen LogP contribution is 2.37. The smallest absolute Gasteiger partial charge is 0.195 e. The molecule has 0 saturated heterocycles. The largest absolute Gasteiger partial charge is 0.361 e. The molecule has 5 nitrogen and oxygen atoms in total. The highest BCUT2D eigenvalue weighted by molar-refractivity contribution is 7.71. The molecule has 1 aliphatic carbocycles. The van der Waals surface area contributed by atoms with Crippen LogP contribution in [-0.2, 0) is 0 Å². The van der Waals surface area contributed by atoms with Gasteiger partial charge in [0.1, 0.15) is 5.76 Å². The monoisotopic (exact) mass is 222 g/mol. The zero-order valence-corrected chi connectivity index (χ0v) is 9.04. The van der Waals surface area contributed by atoms with Gasteiger partial charge < -0.3 is 4.52 Å². The SMILES string of the molecule is Cc1cc(-c2n[nH]c(=S)n2C2CC2)no1. The molecule has 1 saturated carbocycles. The Hall–Kier alpha value is -1.43. The van der Waals surface area contributed by atoms with Gasteiger partial charge in [-0.3, -0.25) is 9.67 Å². The van der Waals surface area contributed by atoms with Crippen LogP contribution >= 0.6 is 12.2 Å². The van der Waals surface area contributed by atoms with Gasteiger partial charge in [-0.25, -0.2) is 0 Å². The van der Waals surface area contributed by atoms with Crippen molar-refractivity contribution in [3.05, 3.63) is 16.6 Å². The van der Waals surface area contributed by atoms with Gasteiger partial charge in [0.2, 0.25) is 0 Å². The Bertz CT molecular complexity index is 548. The van der Waals surface area contributed by atoms with E-state index in [4.69, 9.17) is 16.7 Å². The summed E-state index contributed by atoms with van der Waals surface area (Å²) in [6, 6.07) is 2.35. The quantitative estimate of drug-likeness (QED) is 0.791. The second kappa shape index (κ2) is 3.03. The fourth-order valence-electron chi connectivity index (χ4n) is 1.63. The first-order valence-corrected chi connectivity index (χ1v) is 5.27. The number of nitrogens with zero attached hydrogens (tertiary/aromatic N) is 3. The molecular weight excluding hydrogens is 212 g/mol. The predicted molar refractivity (Wildman–Crippen MR) is 55.9 cm³/mol. The van der Waals surface area contributed by atoms with Gasteiger partial charge in [-0.2, -0.15) is 5.10 Å². The Morgan fingerprint density at radius 1 is 1.60 bits per heavy atom. The number of aryl methyl sites for hydroxylation is 1. The lowest BCUT2D eigenvalue weighted by molar-refractivity contribution is 0.399. The summed E-state index contributed by atoms with van der Waals surface area (Å²) >= 11 is 5.18. The average molecular weight is 222 g/mol. The molecule has 2 aromatic heterocycles. The Kier molecular flexibility index (Phi) is 1.79. The fraction of sp³-hybridized carbons (Fsp3) is 0.444. The van der Waals surface area contributed by atoms with Crippen molar-refractivity contribution in [2.75, 3.05) is 0 Å². The summed E-state index contributed by atoms with van der Waals surface area (Å²) in [5.41, 5.74) is 0.742. The third kappa shape index (κ3) is 1.41. The van der Waals surface area contributed by atoms with Gasteiger partial charge in [0.15, 0.2) is 16.3 Å². The van der Waals surface area contributed by atoms with Crippen LogP contribution in [0.1, 0.15) is 24.6 Å². The van der Waals surface area contributed by atoms with E-state index < -0.39 is 0 Å². The molecule has 1 fully saturated rings. The van der Waals surface area contributed by atoms with Gasteiger partial charge in [-0.05, 0) is 32.0 Å². The van der Waals surface area contributed by atoms with Crippen molar-refractivity contribution in [2.45, 2.75) is 25.8 Å². The highest BCUT2D eigenvalue weighted by Gasteiger charge is 2.28. The van der Waals surface area contributed by atoms with E-state index in [1.54, 1.807) is 0 Å². The molecule has 0 atom stereocenters. The van der Waals surface area contributed by atoms with Crippen LogP contribution in [0.25, 0.3) is 11.5 Å². The number of nitrogens with one attached hydrogen (secondary N) is 1. The molecule has 0 unspecified atom stereocenters. The van der Waals surface area contributed by atoms with Gasteiger partial charge in [0.05, 0.1) is 0 Å². The molecule has 15 heavy (non-hydrogen) atoms. The van der Waals surface area contributed by atoms with E-state index in [0.717, 1.165) is 30.1 Å². The minimum atomic E-state index is 0.489. The zero-order valence-electron chi connectivity index (χ0n) is 8.23. The lowest BCUT2D eigenvalue weighted by Gasteiger charge is -2.00. The summed E-state index contributed by atoms with van der Waals surface area (Å²) in [6.45, 7) is 1.86. The van der Waals surface area contributed by atoms with E-state index in [2.05, 4.69) is 15.4 Å². The minimum absolute atomic E-state index is 0.489. The van der Waals surface area contributed by atoms with Gasteiger partial charge in [-0.15, -0.1) is 0 Å². The van der Waals surface area contributed by atoms with E-state index >= 15 is 0 Å². The predicted octanol–water partition coefficient (Wildman–Crippen LogP) is 2.24. The van der Waals surface area contributed by atoms with Crippen molar-refractivity contribution in [1.29, 1.82) is 0 Å². The second-order valence-electron chi connectivity index (χ2n) is 3.78. The minimum Gasteiger partial charge on any atom is -0.361 e.